The lowest BCUT2D eigenvalue weighted by molar-refractivity contribution is -0.137. The predicted octanol–water partition coefficient (Wildman–Crippen LogP) is 1.96. The Bertz CT molecular complexity index is 317. The van der Waals surface area contributed by atoms with Gasteiger partial charge >= 0.3 is 0 Å². The summed E-state index contributed by atoms with van der Waals surface area (Å²) in [5.41, 5.74) is -0.604. The standard InChI is InChI=1S/C15H27NO3/c1-15(18)9-4-3-6-12(15)13-7-5-10-16(13)14(17)8-11-19-2/h12-13,18H,3-11H2,1-2H3. The number of likely N-dealkylation sites (tertiary alicyclic amines) is 1. The minimum Gasteiger partial charge on any atom is -0.390 e. The molecular formula is C15H27NO3. The van der Waals surface area contributed by atoms with Gasteiger partial charge in [0.05, 0.1) is 18.6 Å². The van der Waals surface area contributed by atoms with E-state index in [1.54, 1.807) is 7.11 Å². The maximum Gasteiger partial charge on any atom is 0.225 e. The van der Waals surface area contributed by atoms with Gasteiger partial charge in [-0.15, -0.1) is 0 Å². The third-order valence-electron chi connectivity index (χ3n) is 4.85. The highest BCUT2D eigenvalue weighted by molar-refractivity contribution is 5.77. The molecule has 1 saturated heterocycles. The number of methoxy groups -OCH3 is 1. The monoisotopic (exact) mass is 269 g/mol. The van der Waals surface area contributed by atoms with E-state index in [1.807, 2.05) is 11.8 Å². The number of nitrogens with zero attached hydrogens (tertiary/aromatic N) is 1. The number of carbonyl (C=O) groups is 1. The third-order valence-corrected chi connectivity index (χ3v) is 4.85. The van der Waals surface area contributed by atoms with Crippen LogP contribution in [0.1, 0.15) is 51.9 Å². The zero-order valence-electron chi connectivity index (χ0n) is 12.2. The number of aliphatic hydroxyl groups is 1. The first-order valence-corrected chi connectivity index (χ1v) is 7.57. The zero-order valence-corrected chi connectivity index (χ0v) is 12.2. The molecule has 1 N–H and O–H groups in total. The topological polar surface area (TPSA) is 49.8 Å². The molecule has 1 heterocycles. The van der Waals surface area contributed by atoms with Gasteiger partial charge in [-0.2, -0.15) is 0 Å². The van der Waals surface area contributed by atoms with Crippen molar-refractivity contribution in [2.45, 2.75) is 63.5 Å². The SMILES string of the molecule is COCCC(=O)N1CCCC1C1CCCCC1(C)O. The van der Waals surface area contributed by atoms with Gasteiger partial charge in [0, 0.05) is 25.6 Å². The fourth-order valence-electron chi connectivity index (χ4n) is 3.80. The molecule has 0 spiro atoms. The summed E-state index contributed by atoms with van der Waals surface area (Å²) >= 11 is 0. The molecule has 1 amide bonds. The normalized spacial score (nSPS) is 35.6. The van der Waals surface area contributed by atoms with Crippen LogP contribution in [0.3, 0.4) is 0 Å². The number of rotatable bonds is 4. The average molecular weight is 269 g/mol. The van der Waals surface area contributed by atoms with Crippen LogP contribution in [0.5, 0.6) is 0 Å². The van der Waals surface area contributed by atoms with Gasteiger partial charge in [-0.25, -0.2) is 0 Å². The van der Waals surface area contributed by atoms with E-state index >= 15 is 0 Å². The van der Waals surface area contributed by atoms with Crippen molar-refractivity contribution < 1.29 is 14.6 Å². The summed E-state index contributed by atoms with van der Waals surface area (Å²) in [6.07, 6.45) is 6.77. The molecule has 4 nitrogen and oxygen atoms in total. The summed E-state index contributed by atoms with van der Waals surface area (Å²) in [6.45, 7) is 3.29. The minimum absolute atomic E-state index is 0.186. The molecule has 2 fully saturated rings. The maximum atomic E-state index is 12.2. The average Bonchev–Trinajstić information content (AvgIpc) is 2.84. The van der Waals surface area contributed by atoms with E-state index in [1.165, 1.54) is 6.42 Å². The van der Waals surface area contributed by atoms with Gasteiger partial charge in [-0.1, -0.05) is 12.8 Å². The summed E-state index contributed by atoms with van der Waals surface area (Å²) in [5.74, 6) is 0.431. The van der Waals surface area contributed by atoms with E-state index < -0.39 is 5.60 Å². The van der Waals surface area contributed by atoms with Crippen LogP contribution >= 0.6 is 0 Å². The van der Waals surface area contributed by atoms with Crippen LogP contribution < -0.4 is 0 Å². The Morgan fingerprint density at radius 2 is 2.16 bits per heavy atom. The van der Waals surface area contributed by atoms with Crippen LogP contribution in [0.2, 0.25) is 0 Å². The molecule has 0 aromatic rings. The van der Waals surface area contributed by atoms with Gasteiger partial charge in [0.15, 0.2) is 0 Å². The molecule has 0 bridgehead atoms. The van der Waals surface area contributed by atoms with E-state index in [0.717, 1.165) is 38.6 Å². The summed E-state index contributed by atoms with van der Waals surface area (Å²) in [4.78, 5) is 14.2. The second-order valence-electron chi connectivity index (χ2n) is 6.25. The molecule has 0 aromatic carbocycles. The molecule has 2 aliphatic rings. The van der Waals surface area contributed by atoms with E-state index in [-0.39, 0.29) is 17.9 Å². The quantitative estimate of drug-likeness (QED) is 0.848. The largest absolute Gasteiger partial charge is 0.390 e. The zero-order chi connectivity index (χ0) is 13.9. The summed E-state index contributed by atoms with van der Waals surface area (Å²) in [5, 5.41) is 10.6. The van der Waals surface area contributed by atoms with Crippen LogP contribution in [-0.2, 0) is 9.53 Å². The minimum atomic E-state index is -0.604. The summed E-state index contributed by atoms with van der Waals surface area (Å²) in [6, 6.07) is 0.236. The first kappa shape index (κ1) is 14.8. The Hall–Kier alpha value is -0.610. The lowest BCUT2D eigenvalue weighted by Crippen LogP contribution is -2.50. The number of carbonyl (C=O) groups excluding carboxylic acids is 1. The molecular weight excluding hydrogens is 242 g/mol. The second-order valence-corrected chi connectivity index (χ2v) is 6.25. The van der Waals surface area contributed by atoms with Crippen LogP contribution in [0.4, 0.5) is 0 Å². The highest BCUT2D eigenvalue weighted by Crippen LogP contribution is 2.40. The Morgan fingerprint density at radius 1 is 1.37 bits per heavy atom. The lowest BCUT2D eigenvalue weighted by Gasteiger charge is -2.43. The van der Waals surface area contributed by atoms with Crippen LogP contribution in [0.25, 0.3) is 0 Å². The van der Waals surface area contributed by atoms with Gasteiger partial charge in [-0.05, 0) is 32.6 Å². The van der Waals surface area contributed by atoms with Crippen molar-refractivity contribution in [2.24, 2.45) is 5.92 Å². The van der Waals surface area contributed by atoms with Crippen LogP contribution in [0.15, 0.2) is 0 Å². The molecule has 2 rings (SSSR count). The van der Waals surface area contributed by atoms with Crippen molar-refractivity contribution in [3.8, 4) is 0 Å². The molecule has 0 aromatic heterocycles. The first-order chi connectivity index (χ1) is 9.06. The van der Waals surface area contributed by atoms with Crippen LogP contribution in [-0.4, -0.2) is 47.8 Å². The maximum absolute atomic E-state index is 12.2. The molecule has 110 valence electrons. The second kappa shape index (κ2) is 6.23. The molecule has 1 aliphatic carbocycles. The van der Waals surface area contributed by atoms with E-state index in [4.69, 9.17) is 4.74 Å². The molecule has 4 heteroatoms. The van der Waals surface area contributed by atoms with Crippen molar-refractivity contribution in [2.75, 3.05) is 20.3 Å². The lowest BCUT2D eigenvalue weighted by atomic mass is 9.72. The Morgan fingerprint density at radius 3 is 2.84 bits per heavy atom. The Kier molecular flexibility index (Phi) is 4.85. The van der Waals surface area contributed by atoms with E-state index in [9.17, 15) is 9.90 Å². The van der Waals surface area contributed by atoms with Gasteiger partial charge in [0.25, 0.3) is 0 Å². The molecule has 1 saturated carbocycles. The van der Waals surface area contributed by atoms with Crippen molar-refractivity contribution >= 4 is 5.91 Å². The molecule has 3 atom stereocenters. The fourth-order valence-corrected chi connectivity index (χ4v) is 3.80. The number of amides is 1. The summed E-state index contributed by atoms with van der Waals surface area (Å²) in [7, 11) is 1.63. The van der Waals surface area contributed by atoms with Gasteiger partial charge in [-0.3, -0.25) is 4.79 Å². The summed E-state index contributed by atoms with van der Waals surface area (Å²) < 4.78 is 5.00. The van der Waals surface area contributed by atoms with Gasteiger partial charge < -0.3 is 14.7 Å². The molecule has 19 heavy (non-hydrogen) atoms. The van der Waals surface area contributed by atoms with Gasteiger partial charge in [0.2, 0.25) is 5.91 Å². The number of ether oxygens (including phenoxy) is 1. The fraction of sp³-hybridized carbons (Fsp3) is 0.933. The third kappa shape index (κ3) is 3.29. The van der Waals surface area contributed by atoms with Crippen molar-refractivity contribution in [1.82, 2.24) is 4.90 Å². The highest BCUT2D eigenvalue weighted by atomic mass is 16.5. The molecule has 0 radical (unpaired) electrons. The van der Waals surface area contributed by atoms with Gasteiger partial charge in [0.1, 0.15) is 0 Å². The van der Waals surface area contributed by atoms with Crippen LogP contribution in [0, 0.1) is 5.92 Å². The van der Waals surface area contributed by atoms with Crippen molar-refractivity contribution in [1.29, 1.82) is 0 Å². The Balaban J connectivity index is 2.03. The van der Waals surface area contributed by atoms with E-state index in [0.29, 0.717) is 13.0 Å². The number of hydrogen-bond acceptors (Lipinski definition) is 3. The molecule has 1 aliphatic heterocycles. The van der Waals surface area contributed by atoms with E-state index in [2.05, 4.69) is 0 Å². The Labute approximate surface area is 116 Å². The highest BCUT2D eigenvalue weighted by Gasteiger charge is 2.44. The first-order valence-electron chi connectivity index (χ1n) is 7.57. The van der Waals surface area contributed by atoms with Crippen molar-refractivity contribution in [3.63, 3.8) is 0 Å². The molecule has 3 unspecified atom stereocenters. The predicted molar refractivity (Wildman–Crippen MR) is 73.8 cm³/mol. The smallest absolute Gasteiger partial charge is 0.225 e. The van der Waals surface area contributed by atoms with Crippen molar-refractivity contribution in [3.05, 3.63) is 0 Å². The number of hydrogen-bond donors (Lipinski definition) is 1.